The molecule has 2 aromatic rings. The van der Waals surface area contributed by atoms with E-state index in [2.05, 4.69) is 46.9 Å². The lowest BCUT2D eigenvalue weighted by Crippen LogP contribution is -2.08. The van der Waals surface area contributed by atoms with Crippen LogP contribution in [0.25, 0.3) is 0 Å². The number of hydrogen-bond donors (Lipinski definition) is 1. The minimum atomic E-state index is -0.236. The molecule has 0 fully saturated rings. The molecule has 1 unspecified atom stereocenters. The second kappa shape index (κ2) is 7.66. The average Bonchev–Trinajstić information content (AvgIpc) is 2.46. The van der Waals surface area contributed by atoms with Crippen LogP contribution in [0.5, 0.6) is 0 Å². The lowest BCUT2D eigenvalue weighted by Gasteiger charge is -2.19. The van der Waals surface area contributed by atoms with Crippen LogP contribution < -0.4 is 5.32 Å². The van der Waals surface area contributed by atoms with Crippen molar-refractivity contribution in [2.45, 2.75) is 17.9 Å². The van der Waals surface area contributed by atoms with Gasteiger partial charge in [-0.2, -0.15) is 0 Å². The van der Waals surface area contributed by atoms with Crippen molar-refractivity contribution in [1.82, 2.24) is 0 Å². The highest BCUT2D eigenvalue weighted by molar-refractivity contribution is 9.10. The van der Waals surface area contributed by atoms with Crippen molar-refractivity contribution in [2.24, 2.45) is 0 Å². The summed E-state index contributed by atoms with van der Waals surface area (Å²) in [5, 5.41) is 3.49. The van der Waals surface area contributed by atoms with Gasteiger partial charge in [-0.15, -0.1) is 18.3 Å². The third kappa shape index (κ3) is 4.35. The standard InChI is InChI=1S/C17H17BrFNS/c1-3-10-21-17-7-5-4-6-16(17)20-12(2)14-9-8-13(19)11-15(14)18/h3-9,11-12,20H,1,10H2,2H3. The monoisotopic (exact) mass is 365 g/mol. The molecular weight excluding hydrogens is 349 g/mol. The molecule has 1 nitrogen and oxygen atoms in total. The topological polar surface area (TPSA) is 12.0 Å². The van der Waals surface area contributed by atoms with Crippen molar-refractivity contribution in [3.05, 3.63) is 71.0 Å². The van der Waals surface area contributed by atoms with Crippen molar-refractivity contribution in [2.75, 3.05) is 11.1 Å². The van der Waals surface area contributed by atoms with Gasteiger partial charge < -0.3 is 5.32 Å². The van der Waals surface area contributed by atoms with Gasteiger partial charge in [0, 0.05) is 26.9 Å². The Balaban J connectivity index is 2.19. The Labute approximate surface area is 137 Å². The van der Waals surface area contributed by atoms with Crippen LogP contribution in [-0.4, -0.2) is 5.75 Å². The van der Waals surface area contributed by atoms with E-state index in [9.17, 15) is 4.39 Å². The number of halogens is 2. The van der Waals surface area contributed by atoms with Crippen LogP contribution in [0.2, 0.25) is 0 Å². The Morgan fingerprint density at radius 3 is 2.81 bits per heavy atom. The summed E-state index contributed by atoms with van der Waals surface area (Å²) in [6.45, 7) is 5.81. The minimum absolute atomic E-state index is 0.0745. The summed E-state index contributed by atoms with van der Waals surface area (Å²) in [5.41, 5.74) is 2.10. The minimum Gasteiger partial charge on any atom is -0.378 e. The maximum Gasteiger partial charge on any atom is 0.124 e. The molecule has 0 aliphatic rings. The Bertz CT molecular complexity index is 630. The lowest BCUT2D eigenvalue weighted by atomic mass is 10.1. The second-order valence-corrected chi connectivity index (χ2v) is 6.54. The van der Waals surface area contributed by atoms with E-state index < -0.39 is 0 Å². The highest BCUT2D eigenvalue weighted by atomic mass is 79.9. The molecule has 0 radical (unpaired) electrons. The van der Waals surface area contributed by atoms with Gasteiger partial charge in [0.2, 0.25) is 0 Å². The van der Waals surface area contributed by atoms with E-state index in [0.29, 0.717) is 0 Å². The predicted molar refractivity (Wildman–Crippen MR) is 93.5 cm³/mol. The highest BCUT2D eigenvalue weighted by Gasteiger charge is 2.11. The number of anilines is 1. The molecule has 0 heterocycles. The molecule has 1 atom stereocenters. The van der Waals surface area contributed by atoms with Gasteiger partial charge in [0.05, 0.1) is 0 Å². The van der Waals surface area contributed by atoms with Gasteiger partial charge in [0.15, 0.2) is 0 Å². The van der Waals surface area contributed by atoms with Crippen LogP contribution in [-0.2, 0) is 0 Å². The van der Waals surface area contributed by atoms with Gasteiger partial charge in [-0.05, 0) is 36.8 Å². The fourth-order valence-corrected chi connectivity index (χ4v) is 3.47. The molecule has 4 heteroatoms. The Hall–Kier alpha value is -1.26. The van der Waals surface area contributed by atoms with Crippen molar-refractivity contribution in [1.29, 1.82) is 0 Å². The predicted octanol–water partition coefficient (Wildman–Crippen LogP) is 6.04. The largest absolute Gasteiger partial charge is 0.378 e. The van der Waals surface area contributed by atoms with E-state index in [1.54, 1.807) is 17.8 Å². The van der Waals surface area contributed by atoms with Gasteiger partial charge in [0.1, 0.15) is 5.82 Å². The fourth-order valence-electron chi connectivity index (χ4n) is 2.02. The Morgan fingerprint density at radius 1 is 1.33 bits per heavy atom. The molecule has 0 spiro atoms. The molecule has 21 heavy (non-hydrogen) atoms. The summed E-state index contributed by atoms with van der Waals surface area (Å²) in [5.74, 6) is 0.632. The maximum atomic E-state index is 13.2. The number of rotatable bonds is 6. The summed E-state index contributed by atoms with van der Waals surface area (Å²) >= 11 is 5.16. The first-order valence-electron chi connectivity index (χ1n) is 6.66. The third-order valence-corrected chi connectivity index (χ3v) is 4.80. The second-order valence-electron chi connectivity index (χ2n) is 4.63. The van der Waals surface area contributed by atoms with Crippen molar-refractivity contribution in [3.63, 3.8) is 0 Å². The van der Waals surface area contributed by atoms with Crippen LogP contribution in [0.15, 0.2) is 64.5 Å². The number of hydrogen-bond acceptors (Lipinski definition) is 2. The molecule has 0 saturated carbocycles. The molecule has 2 rings (SSSR count). The molecule has 0 aliphatic carbocycles. The molecule has 2 aromatic carbocycles. The maximum absolute atomic E-state index is 13.2. The first kappa shape index (κ1) is 16.1. The smallest absolute Gasteiger partial charge is 0.124 e. The van der Waals surface area contributed by atoms with Crippen molar-refractivity contribution in [3.8, 4) is 0 Å². The van der Waals surface area contributed by atoms with Crippen LogP contribution in [0.3, 0.4) is 0 Å². The van der Waals surface area contributed by atoms with Gasteiger partial charge >= 0.3 is 0 Å². The number of para-hydroxylation sites is 1. The summed E-state index contributed by atoms with van der Waals surface area (Å²) in [7, 11) is 0. The highest BCUT2D eigenvalue weighted by Crippen LogP contribution is 2.32. The molecule has 110 valence electrons. The van der Waals surface area contributed by atoms with E-state index >= 15 is 0 Å². The molecule has 0 saturated heterocycles. The number of benzene rings is 2. The summed E-state index contributed by atoms with van der Waals surface area (Å²) < 4.78 is 14.0. The molecule has 0 amide bonds. The van der Waals surface area contributed by atoms with Gasteiger partial charge in [0.25, 0.3) is 0 Å². The van der Waals surface area contributed by atoms with E-state index in [4.69, 9.17) is 0 Å². The first-order chi connectivity index (χ1) is 10.1. The summed E-state index contributed by atoms with van der Waals surface area (Å²) in [6.07, 6.45) is 1.89. The summed E-state index contributed by atoms with van der Waals surface area (Å²) in [6, 6.07) is 13.0. The van der Waals surface area contributed by atoms with E-state index in [1.165, 1.54) is 17.0 Å². The lowest BCUT2D eigenvalue weighted by molar-refractivity contribution is 0.625. The molecule has 0 aromatic heterocycles. The first-order valence-corrected chi connectivity index (χ1v) is 8.44. The van der Waals surface area contributed by atoms with Crippen LogP contribution in [0.4, 0.5) is 10.1 Å². The SMILES string of the molecule is C=CCSc1ccccc1NC(C)c1ccc(F)cc1Br. The van der Waals surface area contributed by atoms with E-state index in [-0.39, 0.29) is 11.9 Å². The molecular formula is C17H17BrFNS. The van der Waals surface area contributed by atoms with Gasteiger partial charge in [-0.1, -0.05) is 40.2 Å². The Morgan fingerprint density at radius 2 is 2.10 bits per heavy atom. The van der Waals surface area contributed by atoms with Crippen LogP contribution in [0.1, 0.15) is 18.5 Å². The fraction of sp³-hybridized carbons (Fsp3) is 0.176. The van der Waals surface area contributed by atoms with Crippen LogP contribution >= 0.6 is 27.7 Å². The molecule has 1 N–H and O–H groups in total. The Kier molecular flexibility index (Phi) is 5.88. The van der Waals surface area contributed by atoms with E-state index in [1.807, 2.05) is 18.2 Å². The quantitative estimate of drug-likeness (QED) is 0.494. The summed E-state index contributed by atoms with van der Waals surface area (Å²) in [4.78, 5) is 1.18. The molecule has 0 bridgehead atoms. The van der Waals surface area contributed by atoms with E-state index in [0.717, 1.165) is 21.5 Å². The average molecular weight is 366 g/mol. The van der Waals surface area contributed by atoms with Gasteiger partial charge in [-0.3, -0.25) is 0 Å². The third-order valence-electron chi connectivity index (χ3n) is 3.04. The number of thioether (sulfide) groups is 1. The zero-order valence-electron chi connectivity index (χ0n) is 11.8. The van der Waals surface area contributed by atoms with Crippen molar-refractivity contribution >= 4 is 33.4 Å². The zero-order chi connectivity index (χ0) is 15.2. The molecule has 0 aliphatic heterocycles. The van der Waals surface area contributed by atoms with Crippen molar-refractivity contribution < 1.29 is 4.39 Å². The van der Waals surface area contributed by atoms with Crippen LogP contribution in [0, 0.1) is 5.82 Å². The normalized spacial score (nSPS) is 12.0. The zero-order valence-corrected chi connectivity index (χ0v) is 14.2. The number of nitrogens with one attached hydrogen (secondary N) is 1. The van der Waals surface area contributed by atoms with Gasteiger partial charge in [-0.25, -0.2) is 4.39 Å².